The zero-order valence-electron chi connectivity index (χ0n) is 11.3. The van der Waals surface area contributed by atoms with Crippen molar-refractivity contribution in [1.29, 1.82) is 0 Å². The summed E-state index contributed by atoms with van der Waals surface area (Å²) in [7, 11) is 0. The number of aromatic nitrogens is 2. The van der Waals surface area contributed by atoms with Gasteiger partial charge in [0.1, 0.15) is 5.69 Å². The molecule has 0 saturated carbocycles. The first kappa shape index (κ1) is 13.1. The number of nitrogens with one attached hydrogen (secondary N) is 1. The minimum absolute atomic E-state index is 0.226. The van der Waals surface area contributed by atoms with Gasteiger partial charge in [0.05, 0.1) is 12.2 Å². The topological polar surface area (TPSA) is 80.9 Å². The van der Waals surface area contributed by atoms with Crippen molar-refractivity contribution in [2.75, 3.05) is 5.73 Å². The van der Waals surface area contributed by atoms with E-state index >= 15 is 0 Å². The summed E-state index contributed by atoms with van der Waals surface area (Å²) in [5.74, 6) is -0.226. The van der Waals surface area contributed by atoms with Crippen LogP contribution >= 0.6 is 0 Å². The molecule has 5 heteroatoms. The van der Waals surface area contributed by atoms with Crippen molar-refractivity contribution in [2.24, 2.45) is 0 Å². The molecule has 0 unspecified atom stereocenters. The summed E-state index contributed by atoms with van der Waals surface area (Å²) in [4.78, 5) is 20.6. The molecule has 0 fully saturated rings. The molecule has 1 amide bonds. The highest BCUT2D eigenvalue weighted by Crippen LogP contribution is 2.19. The van der Waals surface area contributed by atoms with Crippen molar-refractivity contribution in [2.45, 2.75) is 6.54 Å². The number of carbonyl (C=O) groups is 1. The predicted octanol–water partition coefficient (Wildman–Crippen LogP) is 2.14. The lowest BCUT2D eigenvalue weighted by Gasteiger charge is -2.07. The molecule has 0 aliphatic carbocycles. The number of benzene rings is 1. The van der Waals surface area contributed by atoms with E-state index in [0.717, 1.165) is 16.5 Å². The molecule has 0 spiro atoms. The number of nitrogens with two attached hydrogens (primary N) is 1. The highest BCUT2D eigenvalue weighted by molar-refractivity contribution is 6.05. The molecule has 2 heterocycles. The van der Waals surface area contributed by atoms with E-state index in [0.29, 0.717) is 17.9 Å². The standard InChI is InChI=1S/C16H14N4O/c17-12-4-5-14-11(9-12)6-8-19-15(14)16(21)20-10-13-3-1-2-7-18-13/h1-9H,10,17H2,(H,20,21). The fraction of sp³-hybridized carbons (Fsp3) is 0.0625. The normalized spacial score (nSPS) is 10.5. The average molecular weight is 278 g/mol. The SMILES string of the molecule is Nc1ccc2c(C(=O)NCc3ccccn3)nccc2c1. The molecular formula is C16H14N4O. The predicted molar refractivity (Wildman–Crippen MR) is 81.6 cm³/mol. The summed E-state index contributed by atoms with van der Waals surface area (Å²) in [5.41, 5.74) is 7.61. The lowest BCUT2D eigenvalue weighted by molar-refractivity contribution is 0.0947. The van der Waals surface area contributed by atoms with Gasteiger partial charge in [-0.15, -0.1) is 0 Å². The molecule has 0 aliphatic heterocycles. The number of fused-ring (bicyclic) bond motifs is 1. The van der Waals surface area contributed by atoms with Crippen LogP contribution in [-0.2, 0) is 6.54 Å². The van der Waals surface area contributed by atoms with Crippen LogP contribution in [0.2, 0.25) is 0 Å². The van der Waals surface area contributed by atoms with Crippen LogP contribution in [-0.4, -0.2) is 15.9 Å². The minimum atomic E-state index is -0.226. The number of amides is 1. The van der Waals surface area contributed by atoms with Crippen LogP contribution in [0.15, 0.2) is 54.9 Å². The lowest BCUT2D eigenvalue weighted by atomic mass is 10.1. The highest BCUT2D eigenvalue weighted by atomic mass is 16.1. The van der Waals surface area contributed by atoms with Crippen molar-refractivity contribution >= 4 is 22.4 Å². The molecule has 0 atom stereocenters. The smallest absolute Gasteiger partial charge is 0.270 e. The Morgan fingerprint density at radius 3 is 2.81 bits per heavy atom. The van der Waals surface area contributed by atoms with Crippen molar-refractivity contribution in [3.05, 3.63) is 66.2 Å². The van der Waals surface area contributed by atoms with Crippen molar-refractivity contribution in [3.8, 4) is 0 Å². The maximum atomic E-state index is 12.3. The first-order valence-corrected chi connectivity index (χ1v) is 6.56. The molecule has 2 aromatic heterocycles. The Bertz CT molecular complexity index is 787. The molecule has 0 saturated heterocycles. The van der Waals surface area contributed by atoms with Gasteiger partial charge in [0.25, 0.3) is 5.91 Å². The number of carbonyl (C=O) groups excluding carboxylic acids is 1. The molecule has 0 radical (unpaired) electrons. The largest absolute Gasteiger partial charge is 0.399 e. The second kappa shape index (κ2) is 5.58. The summed E-state index contributed by atoms with van der Waals surface area (Å²) < 4.78 is 0. The van der Waals surface area contributed by atoms with E-state index in [1.807, 2.05) is 36.4 Å². The second-order valence-electron chi connectivity index (χ2n) is 4.64. The summed E-state index contributed by atoms with van der Waals surface area (Å²) in [6.45, 7) is 0.368. The molecule has 104 valence electrons. The van der Waals surface area contributed by atoms with Crippen LogP contribution in [0.1, 0.15) is 16.2 Å². The number of pyridine rings is 2. The van der Waals surface area contributed by atoms with E-state index in [2.05, 4.69) is 15.3 Å². The van der Waals surface area contributed by atoms with Crippen LogP contribution in [0.25, 0.3) is 10.8 Å². The van der Waals surface area contributed by atoms with Crippen LogP contribution < -0.4 is 11.1 Å². The highest BCUT2D eigenvalue weighted by Gasteiger charge is 2.11. The van der Waals surface area contributed by atoms with Gasteiger partial charge < -0.3 is 11.1 Å². The summed E-state index contributed by atoms with van der Waals surface area (Å²) in [5, 5.41) is 4.51. The molecule has 21 heavy (non-hydrogen) atoms. The van der Waals surface area contributed by atoms with Crippen LogP contribution in [0.3, 0.4) is 0 Å². The zero-order chi connectivity index (χ0) is 14.7. The molecule has 3 aromatic rings. The zero-order valence-corrected chi connectivity index (χ0v) is 11.3. The Balaban J connectivity index is 1.85. The summed E-state index contributed by atoms with van der Waals surface area (Å²) >= 11 is 0. The van der Waals surface area contributed by atoms with E-state index in [1.54, 1.807) is 18.5 Å². The molecule has 0 bridgehead atoms. The average Bonchev–Trinajstić information content (AvgIpc) is 2.52. The van der Waals surface area contributed by atoms with Gasteiger partial charge in [-0.05, 0) is 41.8 Å². The summed E-state index contributed by atoms with van der Waals surface area (Å²) in [6, 6.07) is 12.8. The number of hydrogen-bond donors (Lipinski definition) is 2. The number of nitrogens with zero attached hydrogens (tertiary/aromatic N) is 2. The third kappa shape index (κ3) is 2.81. The first-order valence-electron chi connectivity index (χ1n) is 6.56. The van der Waals surface area contributed by atoms with Gasteiger partial charge in [0.15, 0.2) is 0 Å². The Morgan fingerprint density at radius 2 is 2.00 bits per heavy atom. The van der Waals surface area contributed by atoms with Crippen LogP contribution in [0.5, 0.6) is 0 Å². The van der Waals surface area contributed by atoms with E-state index in [-0.39, 0.29) is 5.91 Å². The molecule has 5 nitrogen and oxygen atoms in total. The van der Waals surface area contributed by atoms with E-state index in [9.17, 15) is 4.79 Å². The second-order valence-corrected chi connectivity index (χ2v) is 4.64. The molecule has 0 aliphatic rings. The van der Waals surface area contributed by atoms with Gasteiger partial charge in [-0.2, -0.15) is 0 Å². The van der Waals surface area contributed by atoms with E-state index in [4.69, 9.17) is 5.73 Å². The van der Waals surface area contributed by atoms with Gasteiger partial charge in [0.2, 0.25) is 0 Å². The Morgan fingerprint density at radius 1 is 1.10 bits per heavy atom. The fourth-order valence-corrected chi connectivity index (χ4v) is 2.13. The maximum Gasteiger partial charge on any atom is 0.270 e. The van der Waals surface area contributed by atoms with E-state index in [1.165, 1.54) is 0 Å². The number of hydrogen-bond acceptors (Lipinski definition) is 4. The molecular weight excluding hydrogens is 264 g/mol. The quantitative estimate of drug-likeness (QED) is 0.719. The van der Waals surface area contributed by atoms with Gasteiger partial charge in [-0.1, -0.05) is 6.07 Å². The number of rotatable bonds is 3. The number of anilines is 1. The summed E-state index contributed by atoms with van der Waals surface area (Å²) in [6.07, 6.45) is 3.30. The molecule has 1 aromatic carbocycles. The lowest BCUT2D eigenvalue weighted by Crippen LogP contribution is -2.24. The Labute approximate surface area is 121 Å². The van der Waals surface area contributed by atoms with Gasteiger partial charge in [0, 0.05) is 23.5 Å². The fourth-order valence-electron chi connectivity index (χ4n) is 2.13. The maximum absolute atomic E-state index is 12.3. The van der Waals surface area contributed by atoms with Crippen molar-refractivity contribution in [1.82, 2.24) is 15.3 Å². The van der Waals surface area contributed by atoms with Crippen LogP contribution in [0, 0.1) is 0 Å². The monoisotopic (exact) mass is 278 g/mol. The minimum Gasteiger partial charge on any atom is -0.399 e. The Hall–Kier alpha value is -2.95. The Kier molecular flexibility index (Phi) is 3.47. The van der Waals surface area contributed by atoms with Crippen molar-refractivity contribution < 1.29 is 4.79 Å². The van der Waals surface area contributed by atoms with Gasteiger partial charge in [-0.3, -0.25) is 14.8 Å². The third-order valence-corrected chi connectivity index (χ3v) is 3.16. The van der Waals surface area contributed by atoms with Gasteiger partial charge >= 0.3 is 0 Å². The molecule has 3 N–H and O–H groups in total. The number of nitrogen functional groups attached to an aromatic ring is 1. The van der Waals surface area contributed by atoms with Gasteiger partial charge in [-0.25, -0.2) is 0 Å². The first-order chi connectivity index (χ1) is 10.2. The van der Waals surface area contributed by atoms with Crippen LogP contribution in [0.4, 0.5) is 5.69 Å². The third-order valence-electron chi connectivity index (χ3n) is 3.16. The van der Waals surface area contributed by atoms with Crippen molar-refractivity contribution in [3.63, 3.8) is 0 Å². The van der Waals surface area contributed by atoms with E-state index < -0.39 is 0 Å². The molecule has 3 rings (SSSR count).